The van der Waals surface area contributed by atoms with Crippen LogP contribution >= 0.6 is 0 Å². The highest BCUT2D eigenvalue weighted by Gasteiger charge is 2.25. The normalized spacial score (nSPS) is 20.4. The van der Waals surface area contributed by atoms with E-state index in [0.29, 0.717) is 38.0 Å². The molecular weight excluding hydrogens is 452 g/mol. The monoisotopic (exact) mass is 482 g/mol. The predicted octanol–water partition coefficient (Wildman–Crippen LogP) is 2.23. The van der Waals surface area contributed by atoms with Crippen LogP contribution in [0, 0.1) is 0 Å². The average molecular weight is 483 g/mol. The topological polar surface area (TPSA) is 109 Å². The molecule has 1 atom stereocenters. The fourth-order valence-electron chi connectivity index (χ4n) is 4.65. The summed E-state index contributed by atoms with van der Waals surface area (Å²) in [5.74, 6) is 1.07. The van der Waals surface area contributed by atoms with Crippen LogP contribution in [-0.4, -0.2) is 79.4 Å². The molecule has 4 heterocycles. The third-order valence-electron chi connectivity index (χ3n) is 6.56. The van der Waals surface area contributed by atoms with Gasteiger partial charge in [-0.05, 0) is 30.4 Å². The van der Waals surface area contributed by atoms with Crippen molar-refractivity contribution in [1.29, 1.82) is 0 Å². The van der Waals surface area contributed by atoms with E-state index in [4.69, 9.17) is 9.72 Å². The molecule has 9 nitrogen and oxygen atoms in total. The molecular formula is C24H30N6O3S. The maximum atomic E-state index is 11.8. The van der Waals surface area contributed by atoms with Crippen LogP contribution in [0.4, 0.5) is 5.82 Å². The van der Waals surface area contributed by atoms with E-state index >= 15 is 0 Å². The van der Waals surface area contributed by atoms with E-state index in [-0.39, 0.29) is 6.10 Å². The zero-order valence-corrected chi connectivity index (χ0v) is 20.1. The van der Waals surface area contributed by atoms with E-state index in [1.165, 1.54) is 11.8 Å². The Morgan fingerprint density at radius 3 is 2.62 bits per heavy atom. The summed E-state index contributed by atoms with van der Waals surface area (Å²) in [6.45, 7) is 4.18. The zero-order chi connectivity index (χ0) is 23.5. The number of nitrogens with zero attached hydrogens (tertiary/aromatic N) is 4. The fraction of sp³-hybridized carbons (Fsp3) is 0.458. The molecule has 0 radical (unpaired) electrons. The molecule has 34 heavy (non-hydrogen) atoms. The van der Waals surface area contributed by atoms with Crippen molar-refractivity contribution >= 4 is 26.9 Å². The summed E-state index contributed by atoms with van der Waals surface area (Å²) in [4.78, 5) is 13.9. The Hall–Kier alpha value is -2.66. The van der Waals surface area contributed by atoms with Crippen LogP contribution in [0.3, 0.4) is 0 Å². The number of rotatable bonds is 6. The molecule has 2 aliphatic heterocycles. The molecule has 0 amide bonds. The molecule has 0 bridgehead atoms. The fourth-order valence-corrected chi connectivity index (χ4v) is 5.53. The first-order chi connectivity index (χ1) is 16.5. The summed E-state index contributed by atoms with van der Waals surface area (Å²) < 4.78 is 30.9. The third kappa shape index (κ3) is 5.20. The standard InChI is InChI=1S/C24H30N6O3S/c1-34(31,32)30-11-6-18(7-12-30)17-2-4-19(5-3-17)21-14-22-23(27-9-8-26-22)24(29-21)28-16-20-15-25-10-13-33-20/h2-5,8-9,14,18,20,25H,6-7,10-13,15-16H2,1H3,(H,28,29)/t20-/m0/s1. The van der Waals surface area contributed by atoms with Crippen LogP contribution in [-0.2, 0) is 14.8 Å². The van der Waals surface area contributed by atoms with Crippen molar-refractivity contribution in [2.75, 3.05) is 50.9 Å². The molecule has 180 valence electrons. The zero-order valence-electron chi connectivity index (χ0n) is 19.3. The van der Waals surface area contributed by atoms with Gasteiger partial charge >= 0.3 is 0 Å². The molecule has 0 aliphatic carbocycles. The van der Waals surface area contributed by atoms with E-state index in [1.54, 1.807) is 16.7 Å². The maximum Gasteiger partial charge on any atom is 0.211 e. The van der Waals surface area contributed by atoms with Gasteiger partial charge in [-0.1, -0.05) is 24.3 Å². The molecule has 3 aromatic rings. The number of aromatic nitrogens is 3. The largest absolute Gasteiger partial charge is 0.374 e. The summed E-state index contributed by atoms with van der Waals surface area (Å²) in [7, 11) is -3.11. The number of hydrogen-bond donors (Lipinski definition) is 2. The van der Waals surface area contributed by atoms with Gasteiger partial charge in [0, 0.05) is 50.7 Å². The van der Waals surface area contributed by atoms with Crippen LogP contribution in [0.5, 0.6) is 0 Å². The van der Waals surface area contributed by atoms with Gasteiger partial charge in [0.05, 0.1) is 30.2 Å². The first kappa shape index (κ1) is 23.1. The van der Waals surface area contributed by atoms with Gasteiger partial charge in [-0.25, -0.2) is 22.7 Å². The third-order valence-corrected chi connectivity index (χ3v) is 7.86. The van der Waals surface area contributed by atoms with Crippen molar-refractivity contribution < 1.29 is 13.2 Å². The Bertz CT molecular complexity index is 1240. The van der Waals surface area contributed by atoms with Crippen LogP contribution < -0.4 is 10.6 Å². The van der Waals surface area contributed by atoms with E-state index in [9.17, 15) is 8.42 Å². The van der Waals surface area contributed by atoms with Crippen molar-refractivity contribution in [3.05, 3.63) is 48.3 Å². The summed E-state index contributed by atoms with van der Waals surface area (Å²) in [6.07, 6.45) is 6.41. The second-order valence-electron chi connectivity index (χ2n) is 8.92. The van der Waals surface area contributed by atoms with Crippen LogP contribution in [0.25, 0.3) is 22.3 Å². The van der Waals surface area contributed by atoms with E-state index in [1.807, 2.05) is 6.07 Å². The number of fused-ring (bicyclic) bond motifs is 1. The lowest BCUT2D eigenvalue weighted by Gasteiger charge is -2.30. The van der Waals surface area contributed by atoms with Crippen molar-refractivity contribution in [3.63, 3.8) is 0 Å². The summed E-state index contributed by atoms with van der Waals surface area (Å²) in [6, 6.07) is 10.4. The van der Waals surface area contributed by atoms with Gasteiger partial charge in [0.1, 0.15) is 5.52 Å². The van der Waals surface area contributed by atoms with Gasteiger partial charge in [-0.3, -0.25) is 4.98 Å². The molecule has 0 spiro atoms. The second-order valence-corrected chi connectivity index (χ2v) is 10.9. The van der Waals surface area contributed by atoms with Gasteiger partial charge in [0.2, 0.25) is 10.0 Å². The number of anilines is 1. The number of sulfonamides is 1. The number of ether oxygens (including phenoxy) is 1. The second kappa shape index (κ2) is 9.91. The molecule has 2 fully saturated rings. The minimum Gasteiger partial charge on any atom is -0.374 e. The Kier molecular flexibility index (Phi) is 6.73. The molecule has 0 unspecified atom stereocenters. The van der Waals surface area contributed by atoms with E-state index < -0.39 is 10.0 Å². The Morgan fingerprint density at radius 1 is 1.15 bits per heavy atom. The minimum atomic E-state index is -3.11. The smallest absolute Gasteiger partial charge is 0.211 e. The van der Waals surface area contributed by atoms with Gasteiger partial charge in [-0.15, -0.1) is 0 Å². The maximum absolute atomic E-state index is 11.8. The lowest BCUT2D eigenvalue weighted by molar-refractivity contribution is 0.0372. The Balaban J connectivity index is 1.34. The number of piperidine rings is 1. The van der Waals surface area contributed by atoms with Crippen LogP contribution in [0.15, 0.2) is 42.7 Å². The van der Waals surface area contributed by atoms with Gasteiger partial charge in [0.25, 0.3) is 0 Å². The predicted molar refractivity (Wildman–Crippen MR) is 132 cm³/mol. The van der Waals surface area contributed by atoms with Crippen LogP contribution in [0.1, 0.15) is 24.3 Å². The van der Waals surface area contributed by atoms with E-state index in [2.05, 4.69) is 44.9 Å². The number of pyridine rings is 1. The molecule has 0 saturated carbocycles. The highest BCUT2D eigenvalue weighted by molar-refractivity contribution is 7.88. The summed E-state index contributed by atoms with van der Waals surface area (Å²) in [5, 5.41) is 6.76. The van der Waals surface area contributed by atoms with Crippen LogP contribution in [0.2, 0.25) is 0 Å². The molecule has 2 N–H and O–H groups in total. The van der Waals surface area contributed by atoms with Crippen molar-refractivity contribution in [3.8, 4) is 11.3 Å². The molecule has 5 rings (SSSR count). The lowest BCUT2D eigenvalue weighted by atomic mass is 9.89. The number of hydrogen-bond acceptors (Lipinski definition) is 8. The van der Waals surface area contributed by atoms with Gasteiger partial charge < -0.3 is 15.4 Å². The SMILES string of the molecule is CS(=O)(=O)N1CCC(c2ccc(-c3cc4nccnc4c(NC[C@@H]4CNCCO4)n3)cc2)CC1. The number of morpholine rings is 1. The van der Waals surface area contributed by atoms with Gasteiger partial charge in [-0.2, -0.15) is 0 Å². The molecule has 2 aliphatic rings. The van der Waals surface area contributed by atoms with E-state index in [0.717, 1.165) is 48.2 Å². The Morgan fingerprint density at radius 2 is 1.91 bits per heavy atom. The lowest BCUT2D eigenvalue weighted by Crippen LogP contribution is -2.42. The highest BCUT2D eigenvalue weighted by Crippen LogP contribution is 2.31. The first-order valence-corrected chi connectivity index (χ1v) is 13.6. The Labute approximate surface area is 200 Å². The first-order valence-electron chi connectivity index (χ1n) is 11.7. The van der Waals surface area contributed by atoms with Crippen molar-refractivity contribution in [2.24, 2.45) is 0 Å². The van der Waals surface area contributed by atoms with Crippen molar-refractivity contribution in [1.82, 2.24) is 24.6 Å². The highest BCUT2D eigenvalue weighted by atomic mass is 32.2. The quantitative estimate of drug-likeness (QED) is 0.551. The molecule has 2 aromatic heterocycles. The van der Waals surface area contributed by atoms with Gasteiger partial charge in [0.15, 0.2) is 5.82 Å². The molecule has 10 heteroatoms. The molecule has 2 saturated heterocycles. The average Bonchev–Trinajstić information content (AvgIpc) is 2.87. The number of nitrogens with one attached hydrogen (secondary N) is 2. The summed E-state index contributed by atoms with van der Waals surface area (Å²) in [5.41, 5.74) is 4.59. The van der Waals surface area contributed by atoms with Crippen molar-refractivity contribution in [2.45, 2.75) is 24.9 Å². The summed E-state index contributed by atoms with van der Waals surface area (Å²) >= 11 is 0. The minimum absolute atomic E-state index is 0.0827. The molecule has 1 aromatic carbocycles. The number of benzene rings is 1.